The molecule has 1 aliphatic heterocycles. The fourth-order valence-corrected chi connectivity index (χ4v) is 3.44. The molecule has 0 amide bonds. The number of fused-ring (bicyclic) bond motifs is 1. The Kier molecular flexibility index (Phi) is 6.54. The third-order valence-electron chi connectivity index (χ3n) is 4.63. The molecule has 0 radical (unpaired) electrons. The molecule has 3 aromatic rings. The Morgan fingerprint density at radius 2 is 1.75 bits per heavy atom. The summed E-state index contributed by atoms with van der Waals surface area (Å²) in [6.45, 7) is 10.6. The van der Waals surface area contributed by atoms with Crippen LogP contribution in [0.1, 0.15) is 33.4 Å². The zero-order chi connectivity index (χ0) is 20.1. The van der Waals surface area contributed by atoms with Crippen molar-refractivity contribution in [2.45, 2.75) is 46.4 Å². The molecule has 0 aromatic carbocycles. The molecule has 0 spiro atoms. The van der Waals surface area contributed by atoms with Crippen LogP contribution in [0.15, 0.2) is 42.6 Å². The number of hydrogen-bond acceptors (Lipinski definition) is 5. The van der Waals surface area contributed by atoms with Gasteiger partial charge in [-0.25, -0.2) is 9.97 Å². The van der Waals surface area contributed by atoms with Crippen LogP contribution in [0.25, 0.3) is 22.3 Å². The smallest absolute Gasteiger partial charge is 0.129 e. The van der Waals surface area contributed by atoms with Crippen LogP contribution in [0.5, 0.6) is 0 Å². The maximum absolute atomic E-state index is 5.83. The molecular formula is C22H30N5O+. The minimum atomic E-state index is 0.205. The summed E-state index contributed by atoms with van der Waals surface area (Å²) in [7, 11) is 0. The van der Waals surface area contributed by atoms with Crippen LogP contribution in [0.3, 0.4) is 0 Å². The molecule has 28 heavy (non-hydrogen) atoms. The lowest BCUT2D eigenvalue weighted by atomic mass is 10.2. The topological polar surface area (TPSA) is 78.8 Å². The van der Waals surface area contributed by atoms with Crippen LogP contribution in [0, 0.1) is 0 Å². The van der Waals surface area contributed by atoms with Crippen LogP contribution >= 0.6 is 0 Å². The first-order valence-electron chi connectivity index (χ1n) is 10.0. The van der Waals surface area contributed by atoms with Gasteiger partial charge in [-0.2, -0.15) is 0 Å². The SMILES string of the molecule is CC.CC1CN(c2cccc(-c3ccc4cnc(C[NH3+])cc4n3)n2)CC(C)O1. The van der Waals surface area contributed by atoms with Crippen molar-refractivity contribution in [2.75, 3.05) is 18.0 Å². The molecule has 2 atom stereocenters. The first-order valence-corrected chi connectivity index (χ1v) is 10.0. The highest BCUT2D eigenvalue weighted by Crippen LogP contribution is 2.24. The summed E-state index contributed by atoms with van der Waals surface area (Å²) in [6.07, 6.45) is 2.26. The van der Waals surface area contributed by atoms with Crippen molar-refractivity contribution in [1.82, 2.24) is 15.0 Å². The predicted octanol–water partition coefficient (Wildman–Crippen LogP) is 3.07. The third-order valence-corrected chi connectivity index (χ3v) is 4.63. The molecule has 2 unspecified atom stereocenters. The average molecular weight is 381 g/mol. The molecule has 0 saturated carbocycles. The van der Waals surface area contributed by atoms with Crippen LogP contribution in [0.4, 0.5) is 5.82 Å². The fourth-order valence-electron chi connectivity index (χ4n) is 3.44. The largest absolute Gasteiger partial charge is 0.372 e. The van der Waals surface area contributed by atoms with Gasteiger partial charge in [-0.05, 0) is 44.2 Å². The Morgan fingerprint density at radius 3 is 2.46 bits per heavy atom. The normalized spacial score (nSPS) is 19.2. The van der Waals surface area contributed by atoms with Crippen LogP contribution in [-0.4, -0.2) is 40.2 Å². The van der Waals surface area contributed by atoms with Crippen molar-refractivity contribution in [3.63, 3.8) is 0 Å². The molecule has 0 aliphatic carbocycles. The summed E-state index contributed by atoms with van der Waals surface area (Å²) in [5.41, 5.74) is 7.52. The third kappa shape index (κ3) is 4.46. The molecule has 1 fully saturated rings. The maximum atomic E-state index is 5.83. The van der Waals surface area contributed by atoms with Crippen molar-refractivity contribution in [1.29, 1.82) is 0 Å². The van der Waals surface area contributed by atoms with Gasteiger partial charge in [0.2, 0.25) is 0 Å². The van der Waals surface area contributed by atoms with Gasteiger partial charge in [0, 0.05) is 24.7 Å². The molecule has 6 nitrogen and oxygen atoms in total. The van der Waals surface area contributed by atoms with Gasteiger partial charge in [-0.3, -0.25) is 4.98 Å². The molecule has 148 valence electrons. The quantitative estimate of drug-likeness (QED) is 0.755. The van der Waals surface area contributed by atoms with Gasteiger partial charge >= 0.3 is 0 Å². The summed E-state index contributed by atoms with van der Waals surface area (Å²) in [5, 5.41) is 1.03. The van der Waals surface area contributed by atoms with Crippen molar-refractivity contribution in [3.8, 4) is 11.4 Å². The molecule has 1 aliphatic rings. The van der Waals surface area contributed by atoms with Crippen molar-refractivity contribution in [3.05, 3.63) is 48.3 Å². The average Bonchev–Trinajstić information content (AvgIpc) is 2.74. The number of nitrogens with zero attached hydrogens (tertiary/aromatic N) is 4. The van der Waals surface area contributed by atoms with E-state index in [2.05, 4.69) is 35.5 Å². The zero-order valence-electron chi connectivity index (χ0n) is 17.2. The van der Waals surface area contributed by atoms with Crippen molar-refractivity contribution in [2.24, 2.45) is 0 Å². The predicted molar refractivity (Wildman–Crippen MR) is 113 cm³/mol. The van der Waals surface area contributed by atoms with E-state index in [1.54, 1.807) is 0 Å². The highest BCUT2D eigenvalue weighted by molar-refractivity contribution is 5.80. The summed E-state index contributed by atoms with van der Waals surface area (Å²) in [6, 6.07) is 12.2. The monoisotopic (exact) mass is 380 g/mol. The van der Waals surface area contributed by atoms with Crippen molar-refractivity contribution >= 4 is 16.7 Å². The fraction of sp³-hybridized carbons (Fsp3) is 0.409. The lowest BCUT2D eigenvalue weighted by Gasteiger charge is -2.36. The lowest BCUT2D eigenvalue weighted by molar-refractivity contribution is -0.387. The Bertz CT molecular complexity index is 920. The number of anilines is 1. The van der Waals surface area contributed by atoms with Gasteiger partial charge < -0.3 is 15.4 Å². The number of quaternary nitrogens is 1. The van der Waals surface area contributed by atoms with E-state index in [1.807, 2.05) is 50.4 Å². The lowest BCUT2D eigenvalue weighted by Crippen LogP contribution is -2.47. The Morgan fingerprint density at radius 1 is 1.04 bits per heavy atom. The molecule has 4 heterocycles. The highest BCUT2D eigenvalue weighted by Gasteiger charge is 2.23. The van der Waals surface area contributed by atoms with Crippen LogP contribution in [0.2, 0.25) is 0 Å². The second kappa shape index (κ2) is 9.08. The van der Waals surface area contributed by atoms with E-state index in [0.29, 0.717) is 6.54 Å². The van der Waals surface area contributed by atoms with Gasteiger partial charge in [0.1, 0.15) is 12.4 Å². The highest BCUT2D eigenvalue weighted by atomic mass is 16.5. The van der Waals surface area contributed by atoms with E-state index in [4.69, 9.17) is 14.7 Å². The number of rotatable bonds is 3. The number of ether oxygens (including phenoxy) is 1. The number of aromatic nitrogens is 3. The molecule has 0 bridgehead atoms. The Hall–Kier alpha value is -2.57. The number of morpholine rings is 1. The second-order valence-electron chi connectivity index (χ2n) is 6.86. The maximum Gasteiger partial charge on any atom is 0.129 e. The molecule has 3 aromatic heterocycles. The molecule has 1 saturated heterocycles. The summed E-state index contributed by atoms with van der Waals surface area (Å²) in [4.78, 5) is 16.3. The van der Waals surface area contributed by atoms with E-state index < -0.39 is 0 Å². The summed E-state index contributed by atoms with van der Waals surface area (Å²) < 4.78 is 5.83. The number of hydrogen-bond donors (Lipinski definition) is 1. The van der Waals surface area contributed by atoms with Gasteiger partial charge in [-0.15, -0.1) is 0 Å². The van der Waals surface area contributed by atoms with Crippen molar-refractivity contribution < 1.29 is 10.5 Å². The van der Waals surface area contributed by atoms with E-state index in [9.17, 15) is 0 Å². The first-order chi connectivity index (χ1) is 13.6. The standard InChI is InChI=1S/C20H23N5O.C2H6/c1-13-11-25(12-14(2)26-13)20-5-3-4-17(24-20)18-7-6-15-10-22-16(9-21)8-19(15)23-18;1-2/h3-8,10,13-14H,9,11-12,21H2,1-2H3;1-2H3/p+1. The van der Waals surface area contributed by atoms with Gasteiger partial charge in [-0.1, -0.05) is 19.9 Å². The van der Waals surface area contributed by atoms with E-state index in [-0.39, 0.29) is 12.2 Å². The molecule has 6 heteroatoms. The van der Waals surface area contributed by atoms with Crippen LogP contribution < -0.4 is 10.6 Å². The van der Waals surface area contributed by atoms with Gasteiger partial charge in [0.25, 0.3) is 0 Å². The van der Waals surface area contributed by atoms with Gasteiger partial charge in [0.15, 0.2) is 0 Å². The van der Waals surface area contributed by atoms with Crippen LogP contribution in [-0.2, 0) is 11.3 Å². The molecular weight excluding hydrogens is 350 g/mol. The Balaban J connectivity index is 0.00000109. The summed E-state index contributed by atoms with van der Waals surface area (Å²) >= 11 is 0. The zero-order valence-corrected chi connectivity index (χ0v) is 17.2. The van der Waals surface area contributed by atoms with E-state index in [0.717, 1.165) is 46.9 Å². The van der Waals surface area contributed by atoms with E-state index in [1.165, 1.54) is 0 Å². The summed E-state index contributed by atoms with van der Waals surface area (Å²) in [5.74, 6) is 0.972. The minimum Gasteiger partial charge on any atom is -0.372 e. The van der Waals surface area contributed by atoms with Gasteiger partial charge in [0.05, 0.1) is 34.8 Å². The molecule has 3 N–H and O–H groups in total. The minimum absolute atomic E-state index is 0.205. The molecule has 4 rings (SSSR count). The number of pyridine rings is 3. The first kappa shape index (κ1) is 20.2. The Labute approximate surface area is 166 Å². The second-order valence-corrected chi connectivity index (χ2v) is 6.86. The van der Waals surface area contributed by atoms with E-state index >= 15 is 0 Å².